The van der Waals surface area contributed by atoms with Gasteiger partial charge in [0.05, 0.1) is 6.04 Å². The number of ether oxygens (including phenoxy) is 1. The Morgan fingerprint density at radius 3 is 2.35 bits per heavy atom. The van der Waals surface area contributed by atoms with Gasteiger partial charge in [-0.2, -0.15) is 0 Å². The number of amides is 1. The molecule has 1 atom stereocenters. The highest BCUT2D eigenvalue weighted by Crippen LogP contribution is 2.28. The summed E-state index contributed by atoms with van der Waals surface area (Å²) in [4.78, 5) is 13.5. The van der Waals surface area contributed by atoms with Crippen LogP contribution < -0.4 is 0 Å². The van der Waals surface area contributed by atoms with Gasteiger partial charge in [0.25, 0.3) is 0 Å². The van der Waals surface area contributed by atoms with Gasteiger partial charge in [0.1, 0.15) is 6.61 Å². The first-order chi connectivity index (χ1) is 9.84. The Labute approximate surface area is 118 Å². The SMILES string of the molecule is O=C1OC[C@H](c2ccccc2)N1/C=C\c1ccccc1. The molecule has 100 valence electrons. The molecule has 3 heteroatoms. The second-order valence-electron chi connectivity index (χ2n) is 4.64. The summed E-state index contributed by atoms with van der Waals surface area (Å²) in [5.74, 6) is 0. The van der Waals surface area contributed by atoms with E-state index in [1.807, 2.05) is 66.7 Å². The summed E-state index contributed by atoms with van der Waals surface area (Å²) in [6.07, 6.45) is 3.41. The zero-order chi connectivity index (χ0) is 13.8. The Morgan fingerprint density at radius 2 is 1.65 bits per heavy atom. The van der Waals surface area contributed by atoms with Crippen LogP contribution in [-0.2, 0) is 4.74 Å². The van der Waals surface area contributed by atoms with Gasteiger partial charge in [0, 0.05) is 6.20 Å². The average Bonchev–Trinajstić information content (AvgIpc) is 2.88. The lowest BCUT2D eigenvalue weighted by atomic mass is 10.1. The van der Waals surface area contributed by atoms with Crippen molar-refractivity contribution in [3.8, 4) is 0 Å². The standard InChI is InChI=1S/C17H15NO2/c19-17-18(12-11-14-7-3-1-4-8-14)16(13-20-17)15-9-5-2-6-10-15/h1-12,16H,13H2/b12-11-/t16-/m1/s1. The lowest BCUT2D eigenvalue weighted by molar-refractivity contribution is 0.166. The Balaban J connectivity index is 1.83. The highest BCUT2D eigenvalue weighted by molar-refractivity contribution is 5.73. The summed E-state index contributed by atoms with van der Waals surface area (Å²) in [5, 5.41) is 0. The Kier molecular flexibility index (Phi) is 3.50. The van der Waals surface area contributed by atoms with Crippen LogP contribution in [0.1, 0.15) is 17.2 Å². The number of carbonyl (C=O) groups excluding carboxylic acids is 1. The van der Waals surface area contributed by atoms with E-state index in [4.69, 9.17) is 4.74 Å². The molecule has 3 nitrogen and oxygen atoms in total. The third-order valence-electron chi connectivity index (χ3n) is 3.32. The molecule has 1 aliphatic rings. The van der Waals surface area contributed by atoms with Crippen molar-refractivity contribution in [2.45, 2.75) is 6.04 Å². The maximum atomic E-state index is 11.8. The molecule has 0 bridgehead atoms. The van der Waals surface area contributed by atoms with Gasteiger partial charge in [0.2, 0.25) is 0 Å². The first-order valence-corrected chi connectivity index (χ1v) is 6.58. The molecule has 0 aliphatic carbocycles. The van der Waals surface area contributed by atoms with Crippen molar-refractivity contribution in [1.29, 1.82) is 0 Å². The van der Waals surface area contributed by atoms with Crippen molar-refractivity contribution in [2.75, 3.05) is 6.61 Å². The fraction of sp³-hybridized carbons (Fsp3) is 0.118. The van der Waals surface area contributed by atoms with Gasteiger partial charge in [-0.15, -0.1) is 0 Å². The molecule has 1 amide bonds. The van der Waals surface area contributed by atoms with Crippen LogP contribution in [-0.4, -0.2) is 17.6 Å². The van der Waals surface area contributed by atoms with Crippen LogP contribution in [0.3, 0.4) is 0 Å². The quantitative estimate of drug-likeness (QED) is 0.843. The number of rotatable bonds is 3. The largest absolute Gasteiger partial charge is 0.447 e. The summed E-state index contributed by atoms with van der Waals surface area (Å²) >= 11 is 0. The van der Waals surface area contributed by atoms with Gasteiger partial charge in [-0.25, -0.2) is 4.79 Å². The molecular formula is C17H15NO2. The van der Waals surface area contributed by atoms with Crippen LogP contribution in [0.15, 0.2) is 66.9 Å². The number of hydrogen-bond acceptors (Lipinski definition) is 2. The fourth-order valence-corrected chi connectivity index (χ4v) is 2.26. The summed E-state index contributed by atoms with van der Waals surface area (Å²) in [6, 6.07) is 19.8. The number of carbonyl (C=O) groups is 1. The summed E-state index contributed by atoms with van der Waals surface area (Å²) in [5.41, 5.74) is 2.13. The molecule has 20 heavy (non-hydrogen) atoms. The van der Waals surface area contributed by atoms with E-state index in [-0.39, 0.29) is 12.1 Å². The molecule has 0 N–H and O–H groups in total. The second-order valence-corrected chi connectivity index (χ2v) is 4.64. The highest BCUT2D eigenvalue weighted by Gasteiger charge is 2.32. The molecule has 1 aliphatic heterocycles. The van der Waals surface area contributed by atoms with E-state index in [0.717, 1.165) is 11.1 Å². The normalized spacial score (nSPS) is 18.5. The van der Waals surface area contributed by atoms with E-state index >= 15 is 0 Å². The van der Waals surface area contributed by atoms with E-state index in [1.54, 1.807) is 11.1 Å². The predicted molar refractivity (Wildman–Crippen MR) is 77.8 cm³/mol. The number of nitrogens with zero attached hydrogens (tertiary/aromatic N) is 1. The van der Waals surface area contributed by atoms with Crippen molar-refractivity contribution in [3.63, 3.8) is 0 Å². The first-order valence-electron chi connectivity index (χ1n) is 6.58. The third kappa shape index (κ3) is 2.57. The minimum atomic E-state index is -0.300. The number of benzene rings is 2. The molecule has 2 aromatic carbocycles. The topological polar surface area (TPSA) is 29.5 Å². The van der Waals surface area contributed by atoms with Crippen molar-refractivity contribution in [3.05, 3.63) is 78.0 Å². The number of cyclic esters (lactones) is 1. The molecule has 0 aromatic heterocycles. The van der Waals surface area contributed by atoms with E-state index in [2.05, 4.69) is 0 Å². The van der Waals surface area contributed by atoms with Crippen molar-refractivity contribution < 1.29 is 9.53 Å². The van der Waals surface area contributed by atoms with Crippen LogP contribution in [0.2, 0.25) is 0 Å². The van der Waals surface area contributed by atoms with Gasteiger partial charge in [-0.3, -0.25) is 4.90 Å². The summed E-state index contributed by atoms with van der Waals surface area (Å²) < 4.78 is 5.16. The number of hydrogen-bond donors (Lipinski definition) is 0. The Hall–Kier alpha value is -2.55. The lowest BCUT2D eigenvalue weighted by Gasteiger charge is -2.17. The van der Waals surface area contributed by atoms with Crippen molar-refractivity contribution in [1.82, 2.24) is 4.90 Å². The molecule has 1 heterocycles. The predicted octanol–water partition coefficient (Wildman–Crippen LogP) is 3.85. The van der Waals surface area contributed by atoms with Gasteiger partial charge in [-0.05, 0) is 17.2 Å². The monoisotopic (exact) mass is 265 g/mol. The molecular weight excluding hydrogens is 250 g/mol. The zero-order valence-electron chi connectivity index (χ0n) is 11.0. The molecule has 0 saturated carbocycles. The van der Waals surface area contributed by atoms with Crippen molar-refractivity contribution >= 4 is 12.2 Å². The van der Waals surface area contributed by atoms with Crippen molar-refractivity contribution in [2.24, 2.45) is 0 Å². The zero-order valence-corrected chi connectivity index (χ0v) is 11.0. The second kappa shape index (κ2) is 5.61. The summed E-state index contributed by atoms with van der Waals surface area (Å²) in [6.45, 7) is 0.391. The molecule has 1 saturated heterocycles. The average molecular weight is 265 g/mol. The van der Waals surface area contributed by atoms with Crippen LogP contribution >= 0.6 is 0 Å². The molecule has 0 spiro atoms. The van der Waals surface area contributed by atoms with E-state index in [9.17, 15) is 4.79 Å². The van der Waals surface area contributed by atoms with Gasteiger partial charge in [-0.1, -0.05) is 60.7 Å². The summed E-state index contributed by atoms with van der Waals surface area (Å²) in [7, 11) is 0. The minimum Gasteiger partial charge on any atom is -0.447 e. The van der Waals surface area contributed by atoms with E-state index < -0.39 is 0 Å². The molecule has 2 aromatic rings. The van der Waals surface area contributed by atoms with E-state index in [0.29, 0.717) is 6.61 Å². The van der Waals surface area contributed by atoms with Gasteiger partial charge < -0.3 is 4.74 Å². The lowest BCUT2D eigenvalue weighted by Crippen LogP contribution is -2.21. The Morgan fingerprint density at radius 1 is 1.00 bits per heavy atom. The molecule has 0 unspecified atom stereocenters. The maximum Gasteiger partial charge on any atom is 0.414 e. The smallest absolute Gasteiger partial charge is 0.414 e. The maximum absolute atomic E-state index is 11.8. The molecule has 0 radical (unpaired) electrons. The minimum absolute atomic E-state index is 0.0522. The van der Waals surface area contributed by atoms with E-state index in [1.165, 1.54) is 0 Å². The molecule has 1 fully saturated rings. The van der Waals surface area contributed by atoms with Crippen LogP contribution in [0, 0.1) is 0 Å². The van der Waals surface area contributed by atoms with Crippen LogP contribution in [0.4, 0.5) is 4.79 Å². The Bertz CT molecular complexity index is 607. The van der Waals surface area contributed by atoms with Crippen LogP contribution in [0.5, 0.6) is 0 Å². The first kappa shape index (κ1) is 12.5. The van der Waals surface area contributed by atoms with Gasteiger partial charge in [0.15, 0.2) is 0 Å². The van der Waals surface area contributed by atoms with Gasteiger partial charge >= 0.3 is 6.09 Å². The fourth-order valence-electron chi connectivity index (χ4n) is 2.26. The highest BCUT2D eigenvalue weighted by atomic mass is 16.6. The third-order valence-corrected chi connectivity index (χ3v) is 3.32. The molecule has 3 rings (SSSR count). The van der Waals surface area contributed by atoms with Crippen LogP contribution in [0.25, 0.3) is 6.08 Å².